The van der Waals surface area contributed by atoms with Crippen molar-refractivity contribution in [1.29, 1.82) is 0 Å². The van der Waals surface area contributed by atoms with E-state index in [2.05, 4.69) is 11.8 Å². The van der Waals surface area contributed by atoms with E-state index in [-0.39, 0.29) is 6.61 Å². The molecule has 0 aliphatic carbocycles. The zero-order valence-corrected chi connectivity index (χ0v) is 15.3. The third-order valence-electron chi connectivity index (χ3n) is 2.68. The van der Waals surface area contributed by atoms with Gasteiger partial charge in [0.2, 0.25) is 0 Å². The Bertz CT molecular complexity index is 696. The normalized spacial score (nSPS) is 9.77. The fraction of sp³-hybridized carbons (Fsp3) is 0.350. The smallest absolute Gasteiger partial charge is 0.346 e. The summed E-state index contributed by atoms with van der Waals surface area (Å²) in [5, 5.41) is 0. The zero-order chi connectivity index (χ0) is 19.5. The van der Waals surface area contributed by atoms with Gasteiger partial charge in [-0.15, -0.1) is 0 Å². The van der Waals surface area contributed by atoms with Crippen molar-refractivity contribution in [3.05, 3.63) is 47.5 Å². The van der Waals surface area contributed by atoms with Gasteiger partial charge in [-0.25, -0.2) is 14.4 Å². The van der Waals surface area contributed by atoms with Gasteiger partial charge in [0, 0.05) is 11.6 Å². The maximum absolute atomic E-state index is 12.0. The summed E-state index contributed by atoms with van der Waals surface area (Å²) in [5.74, 6) is 2.72. The van der Waals surface area contributed by atoms with Gasteiger partial charge in [0.1, 0.15) is 0 Å². The molecule has 6 heteroatoms. The number of carbonyl (C=O) groups excluding carboxylic acids is 3. The van der Waals surface area contributed by atoms with Gasteiger partial charge in [-0.2, -0.15) is 0 Å². The number of hydrogen-bond acceptors (Lipinski definition) is 6. The Balaban J connectivity index is 2.76. The largest absolute Gasteiger partial charge is 0.459 e. The molecule has 0 atom stereocenters. The second kappa shape index (κ2) is 10.7. The minimum absolute atomic E-state index is 0.185. The van der Waals surface area contributed by atoms with E-state index < -0.39 is 35.7 Å². The van der Waals surface area contributed by atoms with E-state index in [4.69, 9.17) is 14.2 Å². The Kier molecular flexibility index (Phi) is 8.65. The molecule has 0 spiro atoms. The number of carbonyl (C=O) groups is 3. The number of ether oxygens (including phenoxy) is 3. The molecule has 0 N–H and O–H groups in total. The van der Waals surface area contributed by atoms with Gasteiger partial charge in [-0.3, -0.25) is 0 Å². The van der Waals surface area contributed by atoms with E-state index in [1.54, 1.807) is 27.7 Å². The minimum atomic E-state index is -0.946. The molecular weight excluding hydrogens is 336 g/mol. The van der Waals surface area contributed by atoms with Crippen LogP contribution in [-0.2, 0) is 28.6 Å². The first-order chi connectivity index (χ1) is 12.3. The Morgan fingerprint density at radius 2 is 1.50 bits per heavy atom. The van der Waals surface area contributed by atoms with Crippen LogP contribution in [0.4, 0.5) is 0 Å². The second-order valence-electron chi connectivity index (χ2n) is 5.74. The molecule has 0 heterocycles. The van der Waals surface area contributed by atoms with Crippen molar-refractivity contribution >= 4 is 17.9 Å². The quantitative estimate of drug-likeness (QED) is 0.194. The molecule has 0 unspecified atom stereocenters. The molecule has 0 fully saturated rings. The van der Waals surface area contributed by atoms with E-state index in [0.717, 1.165) is 11.6 Å². The van der Waals surface area contributed by atoms with Crippen LogP contribution in [0.25, 0.3) is 0 Å². The van der Waals surface area contributed by atoms with Crippen LogP contribution in [0.5, 0.6) is 0 Å². The zero-order valence-electron chi connectivity index (χ0n) is 15.3. The van der Waals surface area contributed by atoms with Crippen LogP contribution in [0.1, 0.15) is 33.3 Å². The summed E-state index contributed by atoms with van der Waals surface area (Å²) in [6.45, 7) is 6.32. The molecule has 0 bridgehead atoms. The van der Waals surface area contributed by atoms with E-state index in [1.165, 1.54) is 0 Å². The fourth-order valence-electron chi connectivity index (χ4n) is 1.68. The predicted octanol–water partition coefficient (Wildman–Crippen LogP) is 2.41. The van der Waals surface area contributed by atoms with E-state index in [1.807, 2.05) is 30.3 Å². The molecule has 138 valence electrons. The van der Waals surface area contributed by atoms with Crippen molar-refractivity contribution in [3.63, 3.8) is 0 Å². The summed E-state index contributed by atoms with van der Waals surface area (Å²) < 4.78 is 14.8. The Hall–Kier alpha value is -3.07. The number of esters is 3. The highest BCUT2D eigenvalue weighted by atomic mass is 16.6. The minimum Gasteiger partial charge on any atom is -0.459 e. The van der Waals surface area contributed by atoms with E-state index >= 15 is 0 Å². The van der Waals surface area contributed by atoms with Crippen LogP contribution < -0.4 is 0 Å². The van der Waals surface area contributed by atoms with Gasteiger partial charge >= 0.3 is 17.9 Å². The van der Waals surface area contributed by atoms with Gasteiger partial charge in [0.25, 0.3) is 0 Å². The lowest BCUT2D eigenvalue weighted by Gasteiger charge is -2.12. The van der Waals surface area contributed by atoms with Crippen LogP contribution in [0.15, 0.2) is 42.0 Å². The topological polar surface area (TPSA) is 78.9 Å². The highest BCUT2D eigenvalue weighted by Crippen LogP contribution is 2.07. The predicted molar refractivity (Wildman–Crippen MR) is 94.8 cm³/mol. The molecule has 0 radical (unpaired) electrons. The Morgan fingerprint density at radius 3 is 2.00 bits per heavy atom. The van der Waals surface area contributed by atoms with Crippen molar-refractivity contribution < 1.29 is 28.6 Å². The Morgan fingerprint density at radius 1 is 0.962 bits per heavy atom. The van der Waals surface area contributed by atoms with E-state index in [9.17, 15) is 14.4 Å². The molecule has 0 saturated heterocycles. The first-order valence-corrected chi connectivity index (χ1v) is 8.14. The monoisotopic (exact) mass is 358 g/mol. The first-order valence-electron chi connectivity index (χ1n) is 8.14. The number of hydrogen-bond donors (Lipinski definition) is 0. The summed E-state index contributed by atoms with van der Waals surface area (Å²) in [6, 6.07) is 9.18. The van der Waals surface area contributed by atoms with Crippen molar-refractivity contribution in [2.75, 3.05) is 6.61 Å². The van der Waals surface area contributed by atoms with Gasteiger partial charge in [-0.05, 0) is 39.8 Å². The van der Waals surface area contributed by atoms with Crippen LogP contribution >= 0.6 is 0 Å². The molecular formula is C20H22O6. The maximum Gasteiger partial charge on any atom is 0.346 e. The van der Waals surface area contributed by atoms with Crippen LogP contribution in [0.2, 0.25) is 0 Å². The van der Waals surface area contributed by atoms with Gasteiger partial charge in [-0.1, -0.05) is 30.0 Å². The van der Waals surface area contributed by atoms with Gasteiger partial charge < -0.3 is 14.2 Å². The highest BCUT2D eigenvalue weighted by molar-refractivity contribution is 6.17. The lowest BCUT2D eigenvalue weighted by Crippen LogP contribution is -2.24. The molecule has 0 amide bonds. The van der Waals surface area contributed by atoms with Crippen molar-refractivity contribution in [3.8, 4) is 11.8 Å². The third-order valence-corrected chi connectivity index (χ3v) is 2.68. The maximum atomic E-state index is 12.0. The summed E-state index contributed by atoms with van der Waals surface area (Å²) >= 11 is 0. The molecule has 0 saturated carbocycles. The molecule has 0 aliphatic rings. The molecule has 26 heavy (non-hydrogen) atoms. The van der Waals surface area contributed by atoms with Crippen molar-refractivity contribution in [2.45, 2.75) is 39.9 Å². The summed E-state index contributed by atoms with van der Waals surface area (Å²) in [6.07, 6.45) is -0.143. The molecule has 0 aliphatic heterocycles. The van der Waals surface area contributed by atoms with E-state index in [0.29, 0.717) is 0 Å². The molecule has 1 aromatic rings. The van der Waals surface area contributed by atoms with Gasteiger partial charge in [0.05, 0.1) is 12.2 Å². The molecule has 0 aromatic heterocycles. The van der Waals surface area contributed by atoms with Crippen LogP contribution in [0, 0.1) is 11.8 Å². The highest BCUT2D eigenvalue weighted by Gasteiger charge is 2.25. The lowest BCUT2D eigenvalue weighted by atomic mass is 10.2. The average Bonchev–Trinajstić information content (AvgIpc) is 2.56. The SMILES string of the molecule is CC(C)OC(=O)C(=CC(=O)OCC#Cc1ccccc1)C(=O)OC(C)C. The van der Waals surface area contributed by atoms with Gasteiger partial charge in [0.15, 0.2) is 12.2 Å². The fourth-order valence-corrected chi connectivity index (χ4v) is 1.68. The average molecular weight is 358 g/mol. The van der Waals surface area contributed by atoms with Crippen molar-refractivity contribution in [1.82, 2.24) is 0 Å². The van der Waals surface area contributed by atoms with Crippen LogP contribution in [0.3, 0.4) is 0 Å². The molecule has 1 rings (SSSR count). The summed E-state index contributed by atoms with van der Waals surface area (Å²) in [4.78, 5) is 35.9. The second-order valence-corrected chi connectivity index (χ2v) is 5.74. The Labute approximate surface area is 153 Å². The first kappa shape index (κ1) is 21.0. The lowest BCUT2D eigenvalue weighted by molar-refractivity contribution is -0.152. The standard InChI is InChI=1S/C20H22O6/c1-14(2)25-19(22)17(20(23)26-15(3)4)13-18(21)24-12-8-11-16-9-6-5-7-10-16/h5-7,9-10,13-15H,12H2,1-4H3. The number of benzene rings is 1. The molecule has 6 nitrogen and oxygen atoms in total. The number of rotatable bonds is 6. The third kappa shape index (κ3) is 8.15. The van der Waals surface area contributed by atoms with Crippen LogP contribution in [-0.4, -0.2) is 36.7 Å². The summed E-state index contributed by atoms with van der Waals surface area (Å²) in [7, 11) is 0. The van der Waals surface area contributed by atoms with Crippen molar-refractivity contribution in [2.24, 2.45) is 0 Å². The summed E-state index contributed by atoms with van der Waals surface area (Å²) in [5.41, 5.74) is 0.259. The molecule has 1 aromatic carbocycles.